The van der Waals surface area contributed by atoms with Gasteiger partial charge in [-0.25, -0.2) is 9.20 Å². The maximum atomic E-state index is 13.4. The number of carbonyl (C=O) groups excluding carboxylic acids is 1. The molecule has 33 heavy (non-hydrogen) atoms. The van der Waals surface area contributed by atoms with Gasteiger partial charge in [0.05, 0.1) is 18.5 Å². The van der Waals surface area contributed by atoms with E-state index in [0.29, 0.717) is 28.4 Å². The van der Waals surface area contributed by atoms with Crippen molar-refractivity contribution >= 4 is 28.4 Å². The van der Waals surface area contributed by atoms with Crippen molar-refractivity contribution in [3.63, 3.8) is 0 Å². The summed E-state index contributed by atoms with van der Waals surface area (Å²) < 4.78 is 4.47. The molecule has 4 heterocycles. The molecule has 0 aliphatic heterocycles. The number of nitrogens with zero attached hydrogens (tertiary/aromatic N) is 7. The first kappa shape index (κ1) is 21.1. The lowest BCUT2D eigenvalue weighted by Crippen LogP contribution is -2.33. The second-order valence-corrected chi connectivity index (χ2v) is 8.49. The third kappa shape index (κ3) is 3.71. The van der Waals surface area contributed by atoms with Gasteiger partial charge in [-0.15, -0.1) is 10.2 Å². The summed E-state index contributed by atoms with van der Waals surface area (Å²) in [7, 11) is 1.50. The van der Waals surface area contributed by atoms with Gasteiger partial charge in [-0.05, 0) is 25.0 Å². The Morgan fingerprint density at radius 2 is 2.09 bits per heavy atom. The number of hydrogen-bond donors (Lipinski definition) is 2. The van der Waals surface area contributed by atoms with Crippen LogP contribution in [0.5, 0.6) is 0 Å². The fourth-order valence-corrected chi connectivity index (χ4v) is 4.01. The fourth-order valence-electron chi connectivity index (χ4n) is 4.01. The van der Waals surface area contributed by atoms with Crippen molar-refractivity contribution in [1.82, 2.24) is 34.0 Å². The van der Waals surface area contributed by atoms with Crippen LogP contribution in [0.4, 0.5) is 11.4 Å². The third-order valence-electron chi connectivity index (χ3n) is 5.87. The first-order chi connectivity index (χ1) is 16.0. The van der Waals surface area contributed by atoms with Gasteiger partial charge < -0.3 is 5.32 Å². The van der Waals surface area contributed by atoms with Crippen molar-refractivity contribution in [3.8, 4) is 0 Å². The monoisotopic (exact) mass is 451 g/mol. The summed E-state index contributed by atoms with van der Waals surface area (Å²) >= 11 is 0. The van der Waals surface area contributed by atoms with E-state index in [-0.39, 0.29) is 24.3 Å². The van der Waals surface area contributed by atoms with Crippen molar-refractivity contribution in [1.29, 1.82) is 0 Å². The van der Waals surface area contributed by atoms with Crippen LogP contribution in [0, 0.1) is 0 Å². The Bertz CT molecular complexity index is 1400. The molecule has 1 aliphatic rings. The molecule has 4 aromatic rings. The standard InChI is InChI=1S/C21H25N9O3/c1-12(2)20-26-29(10-16(31)23-14-7-8-15-24-22-11-28(15)9-14)21(32)19-18(27-33-3)17(25-30(19)20)13-5-4-6-13/h7-9,11-13,27H,4-6,10H2,1-3H3,(H,23,31). The first-order valence-corrected chi connectivity index (χ1v) is 10.9. The molecule has 0 aromatic carbocycles. The SMILES string of the molecule is CONc1c(C2CCC2)nn2c(C(C)C)nn(CC(=O)Nc3ccc4nncn4c3)c(=O)c12. The van der Waals surface area contributed by atoms with E-state index in [1.54, 1.807) is 33.6 Å². The van der Waals surface area contributed by atoms with Crippen molar-refractivity contribution in [2.24, 2.45) is 0 Å². The summed E-state index contributed by atoms with van der Waals surface area (Å²) in [5.41, 5.74) is 5.33. The van der Waals surface area contributed by atoms with Gasteiger partial charge in [0.15, 0.2) is 17.0 Å². The van der Waals surface area contributed by atoms with Crippen LogP contribution in [0.2, 0.25) is 0 Å². The van der Waals surface area contributed by atoms with Crippen molar-refractivity contribution < 1.29 is 9.63 Å². The molecular weight excluding hydrogens is 426 g/mol. The molecule has 12 heteroatoms. The molecule has 1 amide bonds. The Morgan fingerprint density at radius 3 is 2.79 bits per heavy atom. The molecule has 0 atom stereocenters. The van der Waals surface area contributed by atoms with Crippen LogP contribution < -0.4 is 16.4 Å². The third-order valence-corrected chi connectivity index (χ3v) is 5.87. The van der Waals surface area contributed by atoms with Crippen LogP contribution in [0.1, 0.15) is 56.5 Å². The molecule has 1 saturated carbocycles. The summed E-state index contributed by atoms with van der Waals surface area (Å²) in [5, 5.41) is 19.8. The van der Waals surface area contributed by atoms with Crippen molar-refractivity contribution in [3.05, 3.63) is 46.5 Å². The van der Waals surface area contributed by atoms with Crippen LogP contribution in [0.25, 0.3) is 11.2 Å². The number of pyridine rings is 1. The molecule has 5 rings (SSSR count). The molecule has 0 bridgehead atoms. The summed E-state index contributed by atoms with van der Waals surface area (Å²) in [5.74, 6) is 0.457. The van der Waals surface area contributed by atoms with E-state index >= 15 is 0 Å². The zero-order chi connectivity index (χ0) is 23.1. The second kappa shape index (κ2) is 8.28. The van der Waals surface area contributed by atoms with Gasteiger partial charge in [0.1, 0.15) is 18.6 Å². The summed E-state index contributed by atoms with van der Waals surface area (Å²) in [6.45, 7) is 3.70. The molecule has 0 radical (unpaired) electrons. The molecule has 1 aliphatic carbocycles. The zero-order valence-electron chi connectivity index (χ0n) is 18.6. The molecule has 0 saturated heterocycles. The minimum atomic E-state index is -0.415. The average Bonchev–Trinajstić information content (AvgIpc) is 3.34. The molecule has 12 nitrogen and oxygen atoms in total. The summed E-state index contributed by atoms with van der Waals surface area (Å²) in [6.07, 6.45) is 6.41. The number of anilines is 2. The van der Waals surface area contributed by atoms with E-state index in [0.717, 1.165) is 25.0 Å². The Labute approximate surface area is 188 Å². The van der Waals surface area contributed by atoms with Gasteiger partial charge in [0, 0.05) is 18.0 Å². The number of nitrogens with one attached hydrogen (secondary N) is 2. The van der Waals surface area contributed by atoms with Gasteiger partial charge in [-0.1, -0.05) is 20.3 Å². The Kier molecular flexibility index (Phi) is 5.29. The average molecular weight is 451 g/mol. The topological polar surface area (TPSA) is 133 Å². The lowest BCUT2D eigenvalue weighted by Gasteiger charge is -2.24. The minimum Gasteiger partial charge on any atom is -0.323 e. The van der Waals surface area contributed by atoms with Crippen molar-refractivity contribution in [2.75, 3.05) is 17.9 Å². The molecule has 2 N–H and O–H groups in total. The predicted molar refractivity (Wildman–Crippen MR) is 120 cm³/mol. The maximum Gasteiger partial charge on any atom is 0.295 e. The smallest absolute Gasteiger partial charge is 0.295 e. The minimum absolute atomic E-state index is 0.0249. The Balaban J connectivity index is 1.52. The molecule has 172 valence electrons. The van der Waals surface area contributed by atoms with E-state index in [2.05, 4.69) is 26.1 Å². The number of rotatable bonds is 7. The van der Waals surface area contributed by atoms with Crippen LogP contribution in [0.3, 0.4) is 0 Å². The highest BCUT2D eigenvalue weighted by Crippen LogP contribution is 2.40. The zero-order valence-corrected chi connectivity index (χ0v) is 18.6. The number of fused-ring (bicyclic) bond motifs is 2. The maximum absolute atomic E-state index is 13.4. The highest BCUT2D eigenvalue weighted by molar-refractivity contribution is 5.90. The van der Waals surface area contributed by atoms with Gasteiger partial charge in [-0.2, -0.15) is 10.2 Å². The van der Waals surface area contributed by atoms with Crippen molar-refractivity contribution in [2.45, 2.75) is 51.5 Å². The fraction of sp³-hybridized carbons (Fsp3) is 0.429. The molecule has 0 unspecified atom stereocenters. The van der Waals surface area contributed by atoms with Crippen LogP contribution >= 0.6 is 0 Å². The van der Waals surface area contributed by atoms with E-state index in [9.17, 15) is 9.59 Å². The van der Waals surface area contributed by atoms with E-state index in [4.69, 9.17) is 9.94 Å². The number of carbonyl (C=O) groups is 1. The molecule has 4 aromatic heterocycles. The van der Waals surface area contributed by atoms with Gasteiger partial charge >= 0.3 is 0 Å². The number of amides is 1. The summed E-state index contributed by atoms with van der Waals surface area (Å²) in [4.78, 5) is 31.4. The highest BCUT2D eigenvalue weighted by atomic mass is 16.6. The van der Waals surface area contributed by atoms with E-state index in [1.165, 1.54) is 11.8 Å². The largest absolute Gasteiger partial charge is 0.323 e. The summed E-state index contributed by atoms with van der Waals surface area (Å²) in [6, 6.07) is 3.47. The van der Waals surface area contributed by atoms with Gasteiger partial charge in [-0.3, -0.25) is 24.3 Å². The second-order valence-electron chi connectivity index (χ2n) is 8.49. The molecular formula is C21H25N9O3. The molecule has 1 fully saturated rings. The number of aromatic nitrogens is 7. The Morgan fingerprint density at radius 1 is 1.27 bits per heavy atom. The van der Waals surface area contributed by atoms with Gasteiger partial charge in [0.25, 0.3) is 5.56 Å². The quantitative estimate of drug-likeness (QED) is 0.407. The van der Waals surface area contributed by atoms with Crippen LogP contribution in [-0.4, -0.2) is 47.0 Å². The lowest BCUT2D eigenvalue weighted by atomic mass is 9.82. The van der Waals surface area contributed by atoms with E-state index < -0.39 is 5.56 Å². The van der Waals surface area contributed by atoms with Gasteiger partial charge in [0.2, 0.25) is 5.91 Å². The Hall–Kier alpha value is -3.80. The lowest BCUT2D eigenvalue weighted by molar-refractivity contribution is -0.117. The normalized spacial score (nSPS) is 14.2. The van der Waals surface area contributed by atoms with Crippen LogP contribution in [-0.2, 0) is 16.2 Å². The predicted octanol–water partition coefficient (Wildman–Crippen LogP) is 1.94. The first-order valence-electron chi connectivity index (χ1n) is 10.9. The van der Waals surface area contributed by atoms with Crippen LogP contribution in [0.15, 0.2) is 29.5 Å². The van der Waals surface area contributed by atoms with E-state index in [1.807, 2.05) is 13.8 Å². The molecule has 0 spiro atoms. The number of hydrogen-bond acceptors (Lipinski definition) is 8. The highest BCUT2D eigenvalue weighted by Gasteiger charge is 2.30.